The lowest BCUT2D eigenvalue weighted by Crippen LogP contribution is -2.48. The number of hydrogen-bond acceptors (Lipinski definition) is 7. The van der Waals surface area contributed by atoms with Gasteiger partial charge in [0.05, 0.1) is 23.7 Å². The van der Waals surface area contributed by atoms with E-state index in [1.165, 1.54) is 18.3 Å². The third kappa shape index (κ3) is 4.59. The molecule has 4 heterocycles. The molecule has 3 N–H and O–H groups in total. The van der Waals surface area contributed by atoms with E-state index >= 15 is 0 Å². The Labute approximate surface area is 186 Å². The van der Waals surface area contributed by atoms with Crippen LogP contribution in [0.1, 0.15) is 30.8 Å². The molecule has 2 bridgehead atoms. The van der Waals surface area contributed by atoms with Gasteiger partial charge in [-0.3, -0.25) is 19.7 Å². The van der Waals surface area contributed by atoms with Crippen LogP contribution in [0.4, 0.5) is 27.8 Å². The number of nitrogens with zero attached hydrogens (tertiary/aromatic N) is 4. The summed E-state index contributed by atoms with van der Waals surface area (Å²) in [6.07, 6.45) is 3.21. The third-order valence-corrected chi connectivity index (χ3v) is 5.73. The van der Waals surface area contributed by atoms with Gasteiger partial charge in [-0.15, -0.1) is 0 Å². The Morgan fingerprint density at radius 1 is 1.22 bits per heavy atom. The maximum Gasteiger partial charge on any atom is 0.329 e. The number of rotatable bonds is 5. The lowest BCUT2D eigenvalue weighted by molar-refractivity contribution is 0.0938. The molecule has 0 aromatic carbocycles. The number of carbonyl (C=O) groups excluding carboxylic acids is 2. The van der Waals surface area contributed by atoms with Gasteiger partial charge in [0.2, 0.25) is 10.0 Å². The first-order valence-corrected chi connectivity index (χ1v) is 12.1. The third-order valence-electron chi connectivity index (χ3n) is 5.12. The molecule has 0 spiro atoms. The SMILES string of the molecule is CC(C)NC(=O)c1ccc2c(n1)N(C(=O)Nc1cc(NS(C)(=O)=O)ccn1)[C@H]1CCN2C1. The maximum atomic E-state index is 13.3. The molecule has 32 heavy (non-hydrogen) atoms. The number of urea groups is 1. The molecule has 0 saturated carbocycles. The van der Waals surface area contributed by atoms with Crippen molar-refractivity contribution in [1.82, 2.24) is 15.3 Å². The normalized spacial score (nSPS) is 17.2. The van der Waals surface area contributed by atoms with Crippen LogP contribution >= 0.6 is 0 Å². The van der Waals surface area contributed by atoms with Crippen LogP contribution in [0.5, 0.6) is 0 Å². The number of anilines is 4. The van der Waals surface area contributed by atoms with E-state index in [4.69, 9.17) is 0 Å². The summed E-state index contributed by atoms with van der Waals surface area (Å²) in [5, 5.41) is 5.54. The largest absolute Gasteiger partial charge is 0.366 e. The van der Waals surface area contributed by atoms with Gasteiger partial charge in [-0.05, 0) is 38.5 Å². The molecule has 1 saturated heterocycles. The van der Waals surface area contributed by atoms with E-state index in [0.717, 1.165) is 24.9 Å². The summed E-state index contributed by atoms with van der Waals surface area (Å²) in [7, 11) is -3.47. The highest BCUT2D eigenvalue weighted by Crippen LogP contribution is 2.39. The molecule has 1 fully saturated rings. The van der Waals surface area contributed by atoms with E-state index in [2.05, 4.69) is 30.2 Å². The zero-order valence-electron chi connectivity index (χ0n) is 18.0. The average molecular weight is 460 g/mol. The summed E-state index contributed by atoms with van der Waals surface area (Å²) in [5.74, 6) is 0.301. The monoisotopic (exact) mass is 459 g/mol. The van der Waals surface area contributed by atoms with Crippen LogP contribution in [-0.4, -0.2) is 61.8 Å². The maximum absolute atomic E-state index is 13.3. The second kappa shape index (κ2) is 8.26. The molecule has 0 radical (unpaired) electrons. The summed E-state index contributed by atoms with van der Waals surface area (Å²) in [6.45, 7) is 5.18. The van der Waals surface area contributed by atoms with Crippen LogP contribution in [0.3, 0.4) is 0 Å². The number of aromatic nitrogens is 2. The quantitative estimate of drug-likeness (QED) is 0.618. The van der Waals surface area contributed by atoms with Gasteiger partial charge in [-0.1, -0.05) is 0 Å². The second-order valence-electron chi connectivity index (χ2n) is 8.16. The minimum Gasteiger partial charge on any atom is -0.366 e. The van der Waals surface area contributed by atoms with E-state index in [0.29, 0.717) is 12.4 Å². The number of sulfonamides is 1. The van der Waals surface area contributed by atoms with Crippen molar-refractivity contribution >= 4 is 45.0 Å². The standard InChI is InChI=1S/C20H25N7O4S/c1-12(2)22-19(28)15-4-5-16-18(23-15)27(14-7-9-26(16)11-14)20(29)24-17-10-13(6-8-21-17)25-32(3,30)31/h4-6,8,10,12,14H,7,9,11H2,1-3H3,(H,22,28)(H2,21,24,25,29)/t14-/m0/s1. The fraction of sp³-hybridized carbons (Fsp3) is 0.400. The zero-order valence-corrected chi connectivity index (χ0v) is 18.8. The summed E-state index contributed by atoms with van der Waals surface area (Å²) in [5.41, 5.74) is 1.31. The molecule has 0 unspecified atom stereocenters. The summed E-state index contributed by atoms with van der Waals surface area (Å²) in [4.78, 5) is 38.1. The first-order chi connectivity index (χ1) is 15.1. The summed E-state index contributed by atoms with van der Waals surface area (Å²) >= 11 is 0. The Balaban J connectivity index is 1.62. The van der Waals surface area contributed by atoms with Crippen molar-refractivity contribution in [3.05, 3.63) is 36.2 Å². The Morgan fingerprint density at radius 2 is 2.00 bits per heavy atom. The first kappa shape index (κ1) is 21.8. The van der Waals surface area contributed by atoms with Crippen LogP contribution in [0.15, 0.2) is 30.5 Å². The van der Waals surface area contributed by atoms with E-state index in [-0.39, 0.29) is 35.2 Å². The fourth-order valence-electron chi connectivity index (χ4n) is 3.88. The van der Waals surface area contributed by atoms with Crippen LogP contribution < -0.4 is 25.2 Å². The zero-order chi connectivity index (χ0) is 23.0. The molecule has 4 rings (SSSR count). The van der Waals surface area contributed by atoms with Gasteiger partial charge in [-0.2, -0.15) is 0 Å². The van der Waals surface area contributed by atoms with Crippen molar-refractivity contribution in [2.75, 3.05) is 39.2 Å². The van der Waals surface area contributed by atoms with Crippen molar-refractivity contribution in [3.63, 3.8) is 0 Å². The number of nitrogens with one attached hydrogen (secondary N) is 3. The van der Waals surface area contributed by atoms with E-state index in [1.807, 2.05) is 19.9 Å². The molecule has 1 atom stereocenters. The van der Waals surface area contributed by atoms with Crippen LogP contribution in [-0.2, 0) is 10.0 Å². The highest BCUT2D eigenvalue weighted by Gasteiger charge is 2.40. The Kier molecular flexibility index (Phi) is 5.63. The van der Waals surface area contributed by atoms with E-state index in [9.17, 15) is 18.0 Å². The molecule has 11 nitrogen and oxygen atoms in total. The van der Waals surface area contributed by atoms with Crippen molar-refractivity contribution in [1.29, 1.82) is 0 Å². The van der Waals surface area contributed by atoms with Gasteiger partial charge in [-0.25, -0.2) is 23.2 Å². The van der Waals surface area contributed by atoms with Crippen molar-refractivity contribution in [2.24, 2.45) is 0 Å². The molecular weight excluding hydrogens is 434 g/mol. The average Bonchev–Trinajstić information content (AvgIpc) is 3.10. The molecule has 2 aromatic rings. The van der Waals surface area contributed by atoms with Crippen LogP contribution in [0.2, 0.25) is 0 Å². The second-order valence-corrected chi connectivity index (χ2v) is 9.91. The van der Waals surface area contributed by atoms with Crippen molar-refractivity contribution in [2.45, 2.75) is 32.4 Å². The number of carbonyl (C=O) groups is 2. The molecule has 2 aromatic heterocycles. The van der Waals surface area contributed by atoms with E-state index < -0.39 is 16.1 Å². The minimum atomic E-state index is -3.47. The molecule has 12 heteroatoms. The van der Waals surface area contributed by atoms with Gasteiger partial charge in [0.1, 0.15) is 11.5 Å². The molecule has 2 aliphatic rings. The Hall–Kier alpha value is -3.41. The van der Waals surface area contributed by atoms with Gasteiger partial charge in [0.25, 0.3) is 5.91 Å². The topological polar surface area (TPSA) is 137 Å². The molecule has 3 amide bonds. The first-order valence-electron chi connectivity index (χ1n) is 10.2. The fourth-order valence-corrected chi connectivity index (χ4v) is 4.44. The molecule has 0 aliphatic carbocycles. The molecule has 2 aliphatic heterocycles. The van der Waals surface area contributed by atoms with Crippen LogP contribution in [0, 0.1) is 0 Å². The van der Waals surface area contributed by atoms with Crippen molar-refractivity contribution < 1.29 is 18.0 Å². The Bertz CT molecular complexity index is 1170. The lowest BCUT2D eigenvalue weighted by Gasteiger charge is -2.35. The highest BCUT2D eigenvalue weighted by atomic mass is 32.2. The van der Waals surface area contributed by atoms with Crippen molar-refractivity contribution in [3.8, 4) is 0 Å². The smallest absolute Gasteiger partial charge is 0.329 e. The van der Waals surface area contributed by atoms with Gasteiger partial charge in [0.15, 0.2) is 5.82 Å². The molecular formula is C20H25N7O4S. The Morgan fingerprint density at radius 3 is 2.72 bits per heavy atom. The van der Waals surface area contributed by atoms with Gasteiger partial charge < -0.3 is 10.2 Å². The van der Waals surface area contributed by atoms with Crippen LogP contribution in [0.25, 0.3) is 0 Å². The number of fused-ring (bicyclic) bond motifs is 4. The number of amides is 3. The summed E-state index contributed by atoms with van der Waals surface area (Å²) < 4.78 is 25.3. The number of pyridine rings is 2. The van der Waals surface area contributed by atoms with Gasteiger partial charge in [0, 0.05) is 31.4 Å². The van der Waals surface area contributed by atoms with E-state index in [1.54, 1.807) is 11.0 Å². The minimum absolute atomic E-state index is 0.0430. The predicted molar refractivity (Wildman–Crippen MR) is 122 cm³/mol. The predicted octanol–water partition coefficient (Wildman–Crippen LogP) is 1.62. The lowest BCUT2D eigenvalue weighted by atomic mass is 10.1. The molecule has 170 valence electrons. The summed E-state index contributed by atoms with van der Waals surface area (Å²) in [6, 6.07) is 5.81. The van der Waals surface area contributed by atoms with Gasteiger partial charge >= 0.3 is 6.03 Å². The highest BCUT2D eigenvalue weighted by molar-refractivity contribution is 7.92. The number of hydrogen-bond donors (Lipinski definition) is 3.